The summed E-state index contributed by atoms with van der Waals surface area (Å²) in [5, 5.41) is 21.1. The van der Waals surface area contributed by atoms with E-state index >= 15 is 0 Å². The van der Waals surface area contributed by atoms with Gasteiger partial charge in [0.1, 0.15) is 6.04 Å². The fourth-order valence-corrected chi connectivity index (χ4v) is 2.21. The van der Waals surface area contributed by atoms with Crippen LogP contribution in [0.2, 0.25) is 0 Å². The number of carboxylic acids is 1. The van der Waals surface area contributed by atoms with Crippen molar-refractivity contribution in [1.82, 2.24) is 10.2 Å². The third kappa shape index (κ3) is 2.34. The Hall–Kier alpha value is -1.34. The van der Waals surface area contributed by atoms with Crippen molar-refractivity contribution < 1.29 is 15.0 Å². The molecule has 17 heavy (non-hydrogen) atoms. The van der Waals surface area contributed by atoms with Crippen LogP contribution in [0.5, 0.6) is 0 Å². The van der Waals surface area contributed by atoms with E-state index in [2.05, 4.69) is 10.3 Å². The molecule has 96 valence electrons. The minimum Gasteiger partial charge on any atom is -0.480 e. The molecule has 1 saturated heterocycles. The van der Waals surface area contributed by atoms with Crippen LogP contribution < -0.4 is 11.1 Å². The largest absolute Gasteiger partial charge is 0.480 e. The van der Waals surface area contributed by atoms with E-state index in [1.807, 2.05) is 4.90 Å². The molecular weight excluding hydrogens is 224 g/mol. The number of fused-ring (bicyclic) bond motifs is 1. The Balaban J connectivity index is 1.67. The predicted octanol–water partition coefficient (Wildman–Crippen LogP) is -1.82. The van der Waals surface area contributed by atoms with E-state index in [0.717, 1.165) is 0 Å². The number of aliphatic hydroxyl groups is 1. The predicted molar refractivity (Wildman–Crippen MR) is 61.6 cm³/mol. The Labute approximate surface area is 99.3 Å². The Morgan fingerprint density at radius 2 is 2.24 bits per heavy atom. The van der Waals surface area contributed by atoms with Gasteiger partial charge in [0, 0.05) is 13.6 Å². The van der Waals surface area contributed by atoms with Gasteiger partial charge in [0.2, 0.25) is 0 Å². The molecule has 0 aromatic rings. The maximum absolute atomic E-state index is 11.0. The zero-order valence-corrected chi connectivity index (χ0v) is 9.71. The number of rotatable bonds is 6. The lowest BCUT2D eigenvalue weighted by Crippen LogP contribution is -2.39. The number of nitrogens with zero attached hydrogens (tertiary/aromatic N) is 2. The van der Waals surface area contributed by atoms with E-state index in [9.17, 15) is 9.90 Å². The number of hydrogen-bond donors (Lipinski definition) is 4. The number of likely N-dealkylation sites (tertiary alicyclic amines) is 1. The van der Waals surface area contributed by atoms with Crippen LogP contribution in [0.1, 0.15) is 12.8 Å². The van der Waals surface area contributed by atoms with Gasteiger partial charge in [0.25, 0.3) is 0 Å². The SMILES string of the molecule is CN=C(N)NCCCC(C(=O)O)N1C2C(O)C21. The molecule has 3 atom stereocenters. The van der Waals surface area contributed by atoms with E-state index < -0.39 is 12.0 Å². The van der Waals surface area contributed by atoms with Crippen molar-refractivity contribution >= 4 is 11.9 Å². The molecule has 2 fully saturated rings. The second kappa shape index (κ2) is 4.50. The highest BCUT2D eigenvalue weighted by atomic mass is 16.4. The Bertz CT molecular complexity index is 336. The van der Waals surface area contributed by atoms with Crippen LogP contribution >= 0.6 is 0 Å². The van der Waals surface area contributed by atoms with Crippen LogP contribution in [0, 0.1) is 0 Å². The number of carboxylic acid groups (broad SMARTS) is 1. The normalized spacial score (nSPS) is 36.0. The van der Waals surface area contributed by atoms with E-state index in [1.54, 1.807) is 7.05 Å². The summed E-state index contributed by atoms with van der Waals surface area (Å²) in [6.07, 6.45) is 0.969. The molecule has 1 heterocycles. The zero-order valence-electron chi connectivity index (χ0n) is 9.71. The molecule has 0 amide bonds. The number of aliphatic hydroxyl groups excluding tert-OH is 1. The second-order valence-electron chi connectivity index (χ2n) is 4.45. The molecule has 0 spiro atoms. The number of nitrogens with two attached hydrogens (primary N) is 1. The minimum absolute atomic E-state index is 0.103. The molecule has 0 aromatic heterocycles. The van der Waals surface area contributed by atoms with Crippen molar-refractivity contribution in [3.05, 3.63) is 0 Å². The van der Waals surface area contributed by atoms with Gasteiger partial charge in [-0.2, -0.15) is 0 Å². The number of aliphatic imine (C=N–C) groups is 1. The molecule has 3 unspecified atom stereocenters. The van der Waals surface area contributed by atoms with Gasteiger partial charge in [-0.1, -0.05) is 0 Å². The summed E-state index contributed by atoms with van der Waals surface area (Å²) in [5.74, 6) is -0.455. The molecule has 1 aliphatic heterocycles. The van der Waals surface area contributed by atoms with Gasteiger partial charge in [0.05, 0.1) is 18.2 Å². The Morgan fingerprint density at radius 3 is 2.71 bits per heavy atom. The van der Waals surface area contributed by atoms with Crippen LogP contribution in [-0.4, -0.2) is 64.9 Å². The summed E-state index contributed by atoms with van der Waals surface area (Å²) in [7, 11) is 1.59. The number of carbonyl (C=O) groups is 1. The van der Waals surface area contributed by atoms with Crippen LogP contribution in [0.15, 0.2) is 4.99 Å². The first-order valence-corrected chi connectivity index (χ1v) is 5.72. The van der Waals surface area contributed by atoms with Crippen molar-refractivity contribution in [1.29, 1.82) is 0 Å². The second-order valence-corrected chi connectivity index (χ2v) is 4.45. The van der Waals surface area contributed by atoms with E-state index in [0.29, 0.717) is 25.3 Å². The van der Waals surface area contributed by atoms with Gasteiger partial charge in [-0.15, -0.1) is 0 Å². The fourth-order valence-electron chi connectivity index (χ4n) is 2.21. The van der Waals surface area contributed by atoms with Crippen molar-refractivity contribution in [3.8, 4) is 0 Å². The highest BCUT2D eigenvalue weighted by Gasteiger charge is 2.74. The van der Waals surface area contributed by atoms with Crippen molar-refractivity contribution in [2.75, 3.05) is 13.6 Å². The first-order valence-electron chi connectivity index (χ1n) is 5.72. The summed E-state index contributed by atoms with van der Waals surface area (Å²) in [4.78, 5) is 16.6. The lowest BCUT2D eigenvalue weighted by molar-refractivity contribution is -0.142. The summed E-state index contributed by atoms with van der Waals surface area (Å²) < 4.78 is 0. The molecule has 5 N–H and O–H groups in total. The minimum atomic E-state index is -0.818. The third-order valence-corrected chi connectivity index (χ3v) is 3.35. The first-order chi connectivity index (χ1) is 8.07. The number of hydrogen-bond acceptors (Lipinski definition) is 4. The van der Waals surface area contributed by atoms with E-state index in [4.69, 9.17) is 10.8 Å². The average molecular weight is 242 g/mol. The maximum Gasteiger partial charge on any atom is 0.320 e. The van der Waals surface area contributed by atoms with Gasteiger partial charge >= 0.3 is 5.97 Å². The van der Waals surface area contributed by atoms with Gasteiger partial charge < -0.3 is 21.3 Å². The molecule has 0 aromatic carbocycles. The first kappa shape index (κ1) is 12.1. The number of nitrogens with one attached hydrogen (secondary N) is 1. The van der Waals surface area contributed by atoms with Gasteiger partial charge in [-0.3, -0.25) is 14.7 Å². The molecule has 2 rings (SSSR count). The standard InChI is InChI=1S/C10H18N4O3/c1-12-10(11)13-4-2-3-5(9(16)17)14-6-7(14)8(6)15/h5-8,15H,2-4H2,1H3,(H,16,17)(H3,11,12,13). The molecule has 0 bridgehead atoms. The molecule has 1 saturated carbocycles. The van der Waals surface area contributed by atoms with Crippen LogP contribution in [0.3, 0.4) is 0 Å². The molecular formula is C10H18N4O3. The summed E-state index contributed by atoms with van der Waals surface area (Å²) in [6, 6.07) is -0.271. The topological polar surface area (TPSA) is 111 Å². The van der Waals surface area contributed by atoms with Crippen molar-refractivity contribution in [2.45, 2.75) is 37.1 Å². The molecule has 7 nitrogen and oxygen atoms in total. The van der Waals surface area contributed by atoms with Crippen molar-refractivity contribution in [3.63, 3.8) is 0 Å². The fraction of sp³-hybridized carbons (Fsp3) is 0.800. The van der Waals surface area contributed by atoms with Crippen molar-refractivity contribution in [2.24, 2.45) is 10.7 Å². The lowest BCUT2D eigenvalue weighted by atomic mass is 10.1. The highest BCUT2D eigenvalue weighted by molar-refractivity contribution is 5.77. The third-order valence-electron chi connectivity index (χ3n) is 3.35. The van der Waals surface area contributed by atoms with Gasteiger partial charge in [-0.25, -0.2) is 0 Å². The van der Waals surface area contributed by atoms with Gasteiger partial charge in [0.15, 0.2) is 5.96 Å². The average Bonchev–Trinajstić information content (AvgIpc) is 3.17. The molecule has 2 aliphatic rings. The number of guanidine groups is 1. The highest BCUT2D eigenvalue weighted by Crippen LogP contribution is 2.52. The van der Waals surface area contributed by atoms with Crippen LogP contribution in [0.4, 0.5) is 0 Å². The molecule has 7 heteroatoms. The summed E-state index contributed by atoms with van der Waals surface area (Å²) >= 11 is 0. The van der Waals surface area contributed by atoms with Crippen LogP contribution in [0.25, 0.3) is 0 Å². The van der Waals surface area contributed by atoms with Crippen LogP contribution in [-0.2, 0) is 4.79 Å². The van der Waals surface area contributed by atoms with E-state index in [1.165, 1.54) is 0 Å². The van der Waals surface area contributed by atoms with E-state index in [-0.39, 0.29) is 18.2 Å². The Kier molecular flexibility index (Phi) is 3.21. The monoisotopic (exact) mass is 242 g/mol. The molecule has 1 aliphatic carbocycles. The number of aliphatic carboxylic acids is 1. The quantitative estimate of drug-likeness (QED) is 0.189. The maximum atomic E-state index is 11.0. The van der Waals surface area contributed by atoms with Gasteiger partial charge in [-0.05, 0) is 12.8 Å². The summed E-state index contributed by atoms with van der Waals surface area (Å²) in [5.41, 5.74) is 5.45. The summed E-state index contributed by atoms with van der Waals surface area (Å²) in [6.45, 7) is 0.610. The molecule has 0 radical (unpaired) electrons. The smallest absolute Gasteiger partial charge is 0.320 e. The zero-order chi connectivity index (χ0) is 12.6. The lowest BCUT2D eigenvalue weighted by Gasteiger charge is -2.20. The Morgan fingerprint density at radius 1 is 1.59 bits per heavy atom.